The van der Waals surface area contributed by atoms with Gasteiger partial charge in [0.05, 0.1) is 12.3 Å². The first-order valence-electron chi connectivity index (χ1n) is 8.26. The molecule has 1 N–H and O–H groups in total. The Hall–Kier alpha value is -2.77. The topological polar surface area (TPSA) is 69.0 Å². The van der Waals surface area contributed by atoms with Crippen LogP contribution in [0.15, 0.2) is 42.5 Å². The molecule has 1 heterocycles. The van der Waals surface area contributed by atoms with Gasteiger partial charge >= 0.3 is 0 Å². The average Bonchev–Trinajstić information content (AvgIpc) is 3.10. The molecule has 0 spiro atoms. The van der Waals surface area contributed by atoms with E-state index in [9.17, 15) is 9.18 Å². The van der Waals surface area contributed by atoms with E-state index in [-0.39, 0.29) is 11.6 Å². The van der Waals surface area contributed by atoms with Crippen LogP contribution < -0.4 is 5.32 Å². The first-order chi connectivity index (χ1) is 13.0. The standard InChI is InChI=1S/C19H18ClFN4O2/c1-12-3-8-15(11-16(12)20)25-18(13-4-6-14(21)7-5-13)23-17(24-25)19(26)22-9-10-27-2/h3-8,11H,9-10H2,1-2H3,(H,22,26). The van der Waals surface area contributed by atoms with Gasteiger partial charge in [0.15, 0.2) is 5.82 Å². The maximum Gasteiger partial charge on any atom is 0.291 e. The van der Waals surface area contributed by atoms with Crippen molar-refractivity contribution in [2.75, 3.05) is 20.3 Å². The van der Waals surface area contributed by atoms with Gasteiger partial charge in [0, 0.05) is 24.2 Å². The second-order valence-corrected chi connectivity index (χ2v) is 6.27. The summed E-state index contributed by atoms with van der Waals surface area (Å²) < 4.78 is 19.7. The van der Waals surface area contributed by atoms with E-state index in [2.05, 4.69) is 15.4 Å². The third kappa shape index (κ3) is 4.32. The summed E-state index contributed by atoms with van der Waals surface area (Å²) in [4.78, 5) is 16.7. The molecule has 3 aromatic rings. The summed E-state index contributed by atoms with van der Waals surface area (Å²) >= 11 is 6.23. The Morgan fingerprint density at radius 1 is 1.26 bits per heavy atom. The minimum atomic E-state index is -0.424. The number of halogens is 2. The maximum absolute atomic E-state index is 13.3. The van der Waals surface area contributed by atoms with Crippen LogP contribution in [0.1, 0.15) is 16.2 Å². The first kappa shape index (κ1) is 19.0. The van der Waals surface area contributed by atoms with E-state index in [1.807, 2.05) is 19.1 Å². The van der Waals surface area contributed by atoms with Gasteiger partial charge in [0.1, 0.15) is 5.82 Å². The lowest BCUT2D eigenvalue weighted by atomic mass is 10.2. The highest BCUT2D eigenvalue weighted by atomic mass is 35.5. The molecule has 0 unspecified atom stereocenters. The highest BCUT2D eigenvalue weighted by Gasteiger charge is 2.19. The van der Waals surface area contributed by atoms with Crippen LogP contribution in [0.2, 0.25) is 5.02 Å². The van der Waals surface area contributed by atoms with E-state index in [1.165, 1.54) is 16.8 Å². The van der Waals surface area contributed by atoms with Gasteiger partial charge in [-0.1, -0.05) is 17.7 Å². The van der Waals surface area contributed by atoms with Gasteiger partial charge < -0.3 is 10.1 Å². The van der Waals surface area contributed by atoms with Gasteiger partial charge in [0.2, 0.25) is 5.82 Å². The summed E-state index contributed by atoms with van der Waals surface area (Å²) in [5, 5.41) is 7.58. The Labute approximate surface area is 160 Å². The number of hydrogen-bond acceptors (Lipinski definition) is 4. The molecule has 6 nitrogen and oxygen atoms in total. The zero-order valence-corrected chi connectivity index (χ0v) is 15.6. The zero-order chi connectivity index (χ0) is 19.4. The van der Waals surface area contributed by atoms with Crippen LogP contribution in [0.5, 0.6) is 0 Å². The summed E-state index contributed by atoms with van der Waals surface area (Å²) in [6.45, 7) is 2.61. The van der Waals surface area contributed by atoms with E-state index >= 15 is 0 Å². The van der Waals surface area contributed by atoms with Crippen LogP contribution in [-0.2, 0) is 4.74 Å². The molecule has 0 radical (unpaired) electrons. The highest BCUT2D eigenvalue weighted by molar-refractivity contribution is 6.31. The fourth-order valence-electron chi connectivity index (χ4n) is 2.43. The van der Waals surface area contributed by atoms with Crippen molar-refractivity contribution in [3.63, 3.8) is 0 Å². The number of hydrogen-bond donors (Lipinski definition) is 1. The van der Waals surface area contributed by atoms with E-state index in [0.717, 1.165) is 5.56 Å². The van der Waals surface area contributed by atoms with E-state index in [4.69, 9.17) is 16.3 Å². The van der Waals surface area contributed by atoms with Crippen molar-refractivity contribution < 1.29 is 13.9 Å². The quantitative estimate of drug-likeness (QED) is 0.657. The molecule has 3 rings (SSSR count). The Kier molecular flexibility index (Phi) is 5.83. The number of carbonyl (C=O) groups excluding carboxylic acids is 1. The van der Waals surface area contributed by atoms with Crippen molar-refractivity contribution in [2.24, 2.45) is 0 Å². The Morgan fingerprint density at radius 2 is 2.00 bits per heavy atom. The number of ether oxygens (including phenoxy) is 1. The predicted octanol–water partition coefficient (Wildman–Crippen LogP) is 3.41. The normalized spacial score (nSPS) is 10.8. The number of rotatable bonds is 6. The molecule has 27 heavy (non-hydrogen) atoms. The maximum atomic E-state index is 13.3. The fourth-order valence-corrected chi connectivity index (χ4v) is 2.61. The van der Waals surface area contributed by atoms with Crippen molar-refractivity contribution in [1.82, 2.24) is 20.1 Å². The van der Waals surface area contributed by atoms with Gasteiger partial charge in [-0.25, -0.2) is 14.1 Å². The lowest BCUT2D eigenvalue weighted by Gasteiger charge is -2.07. The number of nitrogens with zero attached hydrogens (tertiary/aromatic N) is 3. The number of carbonyl (C=O) groups is 1. The number of nitrogens with one attached hydrogen (secondary N) is 1. The van der Waals surface area contributed by atoms with Gasteiger partial charge in [-0.2, -0.15) is 0 Å². The van der Waals surface area contributed by atoms with Crippen LogP contribution in [0.25, 0.3) is 17.1 Å². The molecule has 0 bridgehead atoms. The van der Waals surface area contributed by atoms with Crippen LogP contribution >= 0.6 is 11.6 Å². The fraction of sp³-hybridized carbons (Fsp3) is 0.211. The second kappa shape index (κ2) is 8.28. The molecule has 0 fully saturated rings. The first-order valence-corrected chi connectivity index (χ1v) is 8.64. The van der Waals surface area contributed by atoms with Crippen molar-refractivity contribution in [1.29, 1.82) is 0 Å². The van der Waals surface area contributed by atoms with Crippen molar-refractivity contribution in [2.45, 2.75) is 6.92 Å². The second-order valence-electron chi connectivity index (χ2n) is 5.86. The summed E-state index contributed by atoms with van der Waals surface area (Å²) in [6, 6.07) is 11.2. The minimum Gasteiger partial charge on any atom is -0.383 e. The van der Waals surface area contributed by atoms with E-state index < -0.39 is 5.91 Å². The smallest absolute Gasteiger partial charge is 0.291 e. The Balaban J connectivity index is 2.04. The Morgan fingerprint density at radius 3 is 2.67 bits per heavy atom. The van der Waals surface area contributed by atoms with Gasteiger partial charge in [-0.3, -0.25) is 4.79 Å². The third-order valence-corrected chi connectivity index (χ3v) is 4.31. The van der Waals surface area contributed by atoms with Crippen molar-refractivity contribution in [3.8, 4) is 17.1 Å². The SMILES string of the molecule is COCCNC(=O)c1nc(-c2ccc(F)cc2)n(-c2ccc(C)c(Cl)c2)n1. The number of benzene rings is 2. The summed E-state index contributed by atoms with van der Waals surface area (Å²) in [7, 11) is 1.55. The molecule has 1 amide bonds. The Bertz CT molecular complexity index is 957. The monoisotopic (exact) mass is 388 g/mol. The molecule has 0 saturated carbocycles. The van der Waals surface area contributed by atoms with Crippen LogP contribution in [0, 0.1) is 12.7 Å². The molecule has 0 aliphatic carbocycles. The number of amides is 1. The van der Waals surface area contributed by atoms with Gasteiger partial charge in [-0.05, 0) is 48.9 Å². The van der Waals surface area contributed by atoms with E-state index in [1.54, 1.807) is 25.3 Å². The van der Waals surface area contributed by atoms with Crippen LogP contribution in [0.3, 0.4) is 0 Å². The molecular weight excluding hydrogens is 371 g/mol. The summed E-state index contributed by atoms with van der Waals surface area (Å²) in [5.74, 6) is -0.373. The van der Waals surface area contributed by atoms with Gasteiger partial charge in [-0.15, -0.1) is 5.10 Å². The zero-order valence-electron chi connectivity index (χ0n) is 14.9. The molecule has 8 heteroatoms. The lowest BCUT2D eigenvalue weighted by molar-refractivity contribution is 0.0927. The molecule has 0 atom stereocenters. The largest absolute Gasteiger partial charge is 0.383 e. The molecule has 0 saturated heterocycles. The number of aryl methyl sites for hydroxylation is 1. The van der Waals surface area contributed by atoms with E-state index in [0.29, 0.717) is 35.2 Å². The van der Waals surface area contributed by atoms with Crippen LogP contribution in [0.4, 0.5) is 4.39 Å². The number of methoxy groups -OCH3 is 1. The third-order valence-electron chi connectivity index (χ3n) is 3.90. The molecule has 0 aliphatic rings. The predicted molar refractivity (Wildman–Crippen MR) is 101 cm³/mol. The van der Waals surface area contributed by atoms with Crippen molar-refractivity contribution in [3.05, 3.63) is 64.7 Å². The molecule has 2 aromatic carbocycles. The van der Waals surface area contributed by atoms with Crippen molar-refractivity contribution >= 4 is 17.5 Å². The molecular formula is C19H18ClFN4O2. The average molecular weight is 389 g/mol. The van der Waals surface area contributed by atoms with Gasteiger partial charge in [0.25, 0.3) is 5.91 Å². The molecule has 140 valence electrons. The summed E-state index contributed by atoms with van der Waals surface area (Å²) in [6.07, 6.45) is 0. The minimum absolute atomic E-state index is 0.00197. The lowest BCUT2D eigenvalue weighted by Crippen LogP contribution is -2.28. The summed E-state index contributed by atoms with van der Waals surface area (Å²) in [5.41, 5.74) is 2.19. The number of aromatic nitrogens is 3. The highest BCUT2D eigenvalue weighted by Crippen LogP contribution is 2.25. The van der Waals surface area contributed by atoms with Crippen LogP contribution in [-0.4, -0.2) is 40.9 Å². The molecule has 1 aromatic heterocycles. The molecule has 0 aliphatic heterocycles.